The topological polar surface area (TPSA) is 23.6 Å². The van der Waals surface area contributed by atoms with E-state index >= 15 is 0 Å². The van der Waals surface area contributed by atoms with Gasteiger partial charge in [-0.25, -0.2) is 8.78 Å². The number of amides is 1. The monoisotopic (exact) mass is 344 g/mol. The van der Waals surface area contributed by atoms with Gasteiger partial charge in [0.2, 0.25) is 5.91 Å². The van der Waals surface area contributed by atoms with Crippen LogP contribution in [0.5, 0.6) is 0 Å². The predicted octanol–water partition coefficient (Wildman–Crippen LogP) is 3.98. The molecule has 1 aliphatic rings. The molecule has 5 heteroatoms. The molecule has 2 aromatic rings. The summed E-state index contributed by atoms with van der Waals surface area (Å²) in [5.41, 5.74) is 1.42. The molecule has 3 nitrogen and oxygen atoms in total. The van der Waals surface area contributed by atoms with Crippen molar-refractivity contribution in [3.8, 4) is 0 Å². The molecule has 1 amide bonds. The lowest BCUT2D eigenvalue weighted by atomic mass is 10.0. The first-order valence-electron chi connectivity index (χ1n) is 8.55. The second kappa shape index (κ2) is 7.74. The van der Waals surface area contributed by atoms with Crippen LogP contribution in [0.4, 0.5) is 14.5 Å². The van der Waals surface area contributed by atoms with Gasteiger partial charge in [0.25, 0.3) is 0 Å². The first kappa shape index (κ1) is 17.5. The number of hydrogen-bond donors (Lipinski definition) is 0. The van der Waals surface area contributed by atoms with E-state index in [1.165, 1.54) is 25.1 Å². The normalized spacial score (nSPS) is 16.0. The van der Waals surface area contributed by atoms with Crippen LogP contribution in [-0.2, 0) is 11.3 Å². The highest BCUT2D eigenvalue weighted by molar-refractivity contribution is 5.92. The highest BCUT2D eigenvalue weighted by Gasteiger charge is 2.27. The molecule has 0 radical (unpaired) electrons. The molecule has 2 aromatic carbocycles. The minimum atomic E-state index is -0.313. The number of nitrogens with zero attached hydrogens (tertiary/aromatic N) is 2. The van der Waals surface area contributed by atoms with Gasteiger partial charge in [0.05, 0.1) is 0 Å². The number of carbonyl (C=O) groups excluding carboxylic acids is 1. The first-order chi connectivity index (χ1) is 12.0. The third kappa shape index (κ3) is 4.23. The molecule has 3 rings (SSSR count). The Morgan fingerprint density at radius 1 is 1.08 bits per heavy atom. The zero-order chi connectivity index (χ0) is 17.8. The van der Waals surface area contributed by atoms with Crippen LogP contribution in [0.1, 0.15) is 25.3 Å². The summed E-state index contributed by atoms with van der Waals surface area (Å²) in [6.07, 6.45) is 1.62. The molecule has 1 aliphatic heterocycles. The number of anilines is 1. The highest BCUT2D eigenvalue weighted by Crippen LogP contribution is 2.25. The van der Waals surface area contributed by atoms with Crippen molar-refractivity contribution in [3.05, 3.63) is 65.7 Å². The number of carbonyl (C=O) groups is 1. The van der Waals surface area contributed by atoms with Crippen LogP contribution in [0.3, 0.4) is 0 Å². The standard InChI is InChI=1S/C20H22F2N2O/c1-15(25)24(18-8-6-17(21)7-9-18)19-10-12-23(13-11-19)14-16-4-2-3-5-20(16)22/h2-9,19H,10-14H2,1H3. The summed E-state index contributed by atoms with van der Waals surface area (Å²) in [5, 5.41) is 0. The summed E-state index contributed by atoms with van der Waals surface area (Å²) >= 11 is 0. The van der Waals surface area contributed by atoms with Gasteiger partial charge < -0.3 is 4.90 Å². The fraction of sp³-hybridized carbons (Fsp3) is 0.350. The van der Waals surface area contributed by atoms with Crippen LogP contribution in [0, 0.1) is 11.6 Å². The summed E-state index contributed by atoms with van der Waals surface area (Å²) in [4.78, 5) is 16.1. The zero-order valence-corrected chi connectivity index (χ0v) is 14.3. The molecule has 0 saturated carbocycles. The average Bonchev–Trinajstić information content (AvgIpc) is 2.60. The highest BCUT2D eigenvalue weighted by atomic mass is 19.1. The Kier molecular flexibility index (Phi) is 5.43. The molecular weight excluding hydrogens is 322 g/mol. The summed E-state index contributed by atoms with van der Waals surface area (Å²) in [6.45, 7) is 3.71. The van der Waals surface area contributed by atoms with Crippen molar-refractivity contribution in [2.45, 2.75) is 32.4 Å². The number of halogens is 2. The van der Waals surface area contributed by atoms with Gasteiger partial charge in [0.1, 0.15) is 11.6 Å². The lowest BCUT2D eigenvalue weighted by molar-refractivity contribution is -0.117. The minimum absolute atomic E-state index is 0.0424. The third-order valence-corrected chi connectivity index (χ3v) is 4.72. The molecule has 0 bridgehead atoms. The summed E-state index contributed by atoms with van der Waals surface area (Å²) in [7, 11) is 0. The molecule has 0 aromatic heterocycles. The Bertz CT molecular complexity index is 725. The SMILES string of the molecule is CC(=O)N(c1ccc(F)cc1)C1CCN(Cc2ccccc2F)CC1. The van der Waals surface area contributed by atoms with Gasteiger partial charge >= 0.3 is 0 Å². The van der Waals surface area contributed by atoms with E-state index < -0.39 is 0 Å². The maximum atomic E-state index is 13.8. The molecule has 1 fully saturated rings. The fourth-order valence-electron chi connectivity index (χ4n) is 3.45. The first-order valence-corrected chi connectivity index (χ1v) is 8.55. The van der Waals surface area contributed by atoms with Gasteiger partial charge in [-0.2, -0.15) is 0 Å². The Labute approximate surface area is 146 Å². The quantitative estimate of drug-likeness (QED) is 0.837. The van der Waals surface area contributed by atoms with Crippen LogP contribution in [-0.4, -0.2) is 29.9 Å². The van der Waals surface area contributed by atoms with E-state index in [-0.39, 0.29) is 23.6 Å². The second-order valence-corrected chi connectivity index (χ2v) is 6.46. The maximum Gasteiger partial charge on any atom is 0.224 e. The van der Waals surface area contributed by atoms with Crippen molar-refractivity contribution in [1.29, 1.82) is 0 Å². The molecule has 1 heterocycles. The van der Waals surface area contributed by atoms with Crippen molar-refractivity contribution in [2.75, 3.05) is 18.0 Å². The fourth-order valence-corrected chi connectivity index (χ4v) is 3.45. The van der Waals surface area contributed by atoms with Crippen LogP contribution in [0.25, 0.3) is 0 Å². The lowest BCUT2D eigenvalue weighted by Gasteiger charge is -2.38. The molecule has 0 unspecified atom stereocenters. The van der Waals surface area contributed by atoms with Crippen LogP contribution >= 0.6 is 0 Å². The van der Waals surface area contributed by atoms with Crippen LogP contribution in [0.15, 0.2) is 48.5 Å². The Morgan fingerprint density at radius 3 is 2.32 bits per heavy atom. The minimum Gasteiger partial charge on any atom is -0.310 e. The molecule has 0 atom stereocenters. The summed E-state index contributed by atoms with van der Waals surface area (Å²) < 4.78 is 26.9. The maximum absolute atomic E-state index is 13.8. The number of rotatable bonds is 4. The van der Waals surface area contributed by atoms with Gasteiger partial charge in [0.15, 0.2) is 0 Å². The molecule has 0 N–H and O–H groups in total. The molecule has 0 spiro atoms. The van der Waals surface area contributed by atoms with Gasteiger partial charge in [-0.15, -0.1) is 0 Å². The van der Waals surface area contributed by atoms with E-state index in [1.807, 2.05) is 12.1 Å². The number of benzene rings is 2. The molecule has 1 saturated heterocycles. The van der Waals surface area contributed by atoms with Crippen molar-refractivity contribution in [1.82, 2.24) is 4.90 Å². The van der Waals surface area contributed by atoms with E-state index in [9.17, 15) is 13.6 Å². The molecule has 25 heavy (non-hydrogen) atoms. The van der Waals surface area contributed by atoms with Crippen molar-refractivity contribution in [3.63, 3.8) is 0 Å². The van der Waals surface area contributed by atoms with Gasteiger partial charge in [-0.05, 0) is 43.2 Å². The third-order valence-electron chi connectivity index (χ3n) is 4.72. The number of hydrogen-bond acceptors (Lipinski definition) is 2. The summed E-state index contributed by atoms with van der Waals surface area (Å²) in [5.74, 6) is -0.535. The number of piperidine rings is 1. The van der Waals surface area contributed by atoms with Gasteiger partial charge in [0, 0.05) is 43.9 Å². The van der Waals surface area contributed by atoms with Crippen molar-refractivity contribution >= 4 is 11.6 Å². The zero-order valence-electron chi connectivity index (χ0n) is 14.3. The average molecular weight is 344 g/mol. The van der Waals surface area contributed by atoms with Crippen molar-refractivity contribution in [2.24, 2.45) is 0 Å². The Hall–Kier alpha value is -2.27. The summed E-state index contributed by atoms with van der Waals surface area (Å²) in [6, 6.07) is 12.9. The smallest absolute Gasteiger partial charge is 0.224 e. The van der Waals surface area contributed by atoms with E-state index in [0.717, 1.165) is 31.6 Å². The molecular formula is C20H22F2N2O. The van der Waals surface area contributed by atoms with E-state index in [2.05, 4.69) is 4.90 Å². The van der Waals surface area contributed by atoms with Crippen LogP contribution < -0.4 is 4.90 Å². The molecule has 0 aliphatic carbocycles. The Morgan fingerprint density at radius 2 is 1.72 bits per heavy atom. The van der Waals surface area contributed by atoms with Gasteiger partial charge in [-0.3, -0.25) is 9.69 Å². The van der Waals surface area contributed by atoms with E-state index in [4.69, 9.17) is 0 Å². The largest absolute Gasteiger partial charge is 0.310 e. The van der Waals surface area contributed by atoms with E-state index in [1.54, 1.807) is 23.1 Å². The lowest BCUT2D eigenvalue weighted by Crippen LogP contribution is -2.46. The Balaban J connectivity index is 1.64. The van der Waals surface area contributed by atoms with Crippen LogP contribution in [0.2, 0.25) is 0 Å². The predicted molar refractivity (Wildman–Crippen MR) is 94.3 cm³/mol. The van der Waals surface area contributed by atoms with E-state index in [0.29, 0.717) is 12.1 Å². The van der Waals surface area contributed by atoms with Gasteiger partial charge in [-0.1, -0.05) is 18.2 Å². The molecule has 132 valence electrons. The van der Waals surface area contributed by atoms with Crippen molar-refractivity contribution < 1.29 is 13.6 Å². The second-order valence-electron chi connectivity index (χ2n) is 6.46. The number of likely N-dealkylation sites (tertiary alicyclic amines) is 1.